The molecule has 72 valence electrons. The third-order valence-electron chi connectivity index (χ3n) is 2.14. The Hall–Kier alpha value is -0.830. The van der Waals surface area contributed by atoms with Crippen molar-refractivity contribution < 1.29 is 8.78 Å². The zero-order valence-electron chi connectivity index (χ0n) is 6.84. The van der Waals surface area contributed by atoms with Crippen molar-refractivity contribution in [1.29, 1.82) is 0 Å². The molecule has 1 aromatic rings. The van der Waals surface area contributed by atoms with Crippen LogP contribution in [0.1, 0.15) is 17.9 Å². The van der Waals surface area contributed by atoms with Crippen molar-refractivity contribution in [2.24, 2.45) is 0 Å². The Morgan fingerprint density at radius 2 is 2.00 bits per heavy atom. The number of alkyl halides is 2. The van der Waals surface area contributed by atoms with Gasteiger partial charge < -0.3 is 5.73 Å². The van der Waals surface area contributed by atoms with E-state index in [4.69, 9.17) is 5.73 Å². The normalized spacial score (nSPS) is 23.4. The lowest BCUT2D eigenvalue weighted by molar-refractivity contribution is 0.112. The standard InChI is InChI=1S/C9H9F2N.ClH/c10-9(11)5-8(9)6-2-1-3-7(12)4-6;/h1-4,8H,5,12H2;1H. The molecule has 1 aromatic carbocycles. The second-order valence-electron chi connectivity index (χ2n) is 3.19. The van der Waals surface area contributed by atoms with E-state index < -0.39 is 11.8 Å². The fourth-order valence-electron chi connectivity index (χ4n) is 1.35. The van der Waals surface area contributed by atoms with Gasteiger partial charge in [-0.2, -0.15) is 0 Å². The molecule has 2 N–H and O–H groups in total. The summed E-state index contributed by atoms with van der Waals surface area (Å²) in [5.74, 6) is -3.09. The van der Waals surface area contributed by atoms with Gasteiger partial charge >= 0.3 is 0 Å². The highest BCUT2D eigenvalue weighted by Crippen LogP contribution is 2.55. The average molecular weight is 206 g/mol. The molecule has 4 heteroatoms. The smallest absolute Gasteiger partial charge is 0.255 e. The maximum Gasteiger partial charge on any atom is 0.255 e. The van der Waals surface area contributed by atoms with Gasteiger partial charge in [-0.15, -0.1) is 12.4 Å². The Labute approximate surface area is 81.3 Å². The van der Waals surface area contributed by atoms with Gasteiger partial charge in [-0.25, -0.2) is 8.78 Å². The van der Waals surface area contributed by atoms with Crippen LogP contribution in [0.3, 0.4) is 0 Å². The van der Waals surface area contributed by atoms with Gasteiger partial charge in [0.05, 0.1) is 5.92 Å². The lowest BCUT2D eigenvalue weighted by Crippen LogP contribution is -1.93. The molecule has 1 aliphatic rings. The molecule has 1 fully saturated rings. The summed E-state index contributed by atoms with van der Waals surface area (Å²) in [6, 6.07) is 6.72. The maximum absolute atomic E-state index is 12.6. The lowest BCUT2D eigenvalue weighted by Gasteiger charge is -1.99. The van der Waals surface area contributed by atoms with Gasteiger partial charge in [0.15, 0.2) is 0 Å². The van der Waals surface area contributed by atoms with Crippen molar-refractivity contribution in [1.82, 2.24) is 0 Å². The van der Waals surface area contributed by atoms with Crippen LogP contribution in [0.25, 0.3) is 0 Å². The summed E-state index contributed by atoms with van der Waals surface area (Å²) in [7, 11) is 0. The summed E-state index contributed by atoms with van der Waals surface area (Å²) >= 11 is 0. The first-order chi connectivity index (χ1) is 5.59. The first-order valence-corrected chi connectivity index (χ1v) is 3.83. The highest BCUT2D eigenvalue weighted by Gasteiger charge is 2.57. The van der Waals surface area contributed by atoms with Gasteiger partial charge in [0.1, 0.15) is 0 Å². The maximum atomic E-state index is 12.6. The van der Waals surface area contributed by atoms with Gasteiger partial charge in [0.2, 0.25) is 0 Å². The summed E-state index contributed by atoms with van der Waals surface area (Å²) in [4.78, 5) is 0. The van der Waals surface area contributed by atoms with Crippen LogP contribution >= 0.6 is 12.4 Å². The van der Waals surface area contributed by atoms with Gasteiger partial charge in [-0.05, 0) is 17.7 Å². The fraction of sp³-hybridized carbons (Fsp3) is 0.333. The summed E-state index contributed by atoms with van der Waals surface area (Å²) in [5.41, 5.74) is 6.67. The molecular weight excluding hydrogens is 196 g/mol. The molecular formula is C9H10ClF2N. The second-order valence-corrected chi connectivity index (χ2v) is 3.19. The van der Waals surface area contributed by atoms with Gasteiger partial charge in [-0.3, -0.25) is 0 Å². The fourth-order valence-corrected chi connectivity index (χ4v) is 1.35. The number of anilines is 1. The molecule has 0 aliphatic heterocycles. The van der Waals surface area contributed by atoms with E-state index in [2.05, 4.69) is 0 Å². The molecule has 0 heterocycles. The van der Waals surface area contributed by atoms with Gasteiger partial charge in [0, 0.05) is 12.1 Å². The summed E-state index contributed by atoms with van der Waals surface area (Å²) in [6.45, 7) is 0. The number of benzene rings is 1. The van der Waals surface area contributed by atoms with Crippen LogP contribution in [0.5, 0.6) is 0 Å². The number of nitrogen functional groups attached to an aromatic ring is 1. The minimum atomic E-state index is -2.49. The average Bonchev–Trinajstić information content (AvgIpc) is 2.60. The number of hydrogen-bond acceptors (Lipinski definition) is 1. The summed E-state index contributed by atoms with van der Waals surface area (Å²) in [5, 5.41) is 0. The van der Waals surface area contributed by atoms with Crippen molar-refractivity contribution in [2.45, 2.75) is 18.3 Å². The van der Waals surface area contributed by atoms with E-state index in [1.165, 1.54) is 0 Å². The molecule has 0 spiro atoms. The first kappa shape index (κ1) is 10.3. The first-order valence-electron chi connectivity index (χ1n) is 3.83. The van der Waals surface area contributed by atoms with E-state index >= 15 is 0 Å². The molecule has 1 saturated carbocycles. The van der Waals surface area contributed by atoms with E-state index in [-0.39, 0.29) is 18.8 Å². The second kappa shape index (κ2) is 3.14. The highest BCUT2D eigenvalue weighted by atomic mass is 35.5. The number of hydrogen-bond donors (Lipinski definition) is 1. The van der Waals surface area contributed by atoms with Crippen LogP contribution in [0.2, 0.25) is 0 Å². The molecule has 0 amide bonds. The summed E-state index contributed by atoms with van der Waals surface area (Å²) < 4.78 is 25.1. The SMILES string of the molecule is Cl.Nc1cccc(C2CC2(F)F)c1. The molecule has 2 rings (SSSR count). The van der Waals surface area contributed by atoms with Crippen LogP contribution in [0, 0.1) is 0 Å². The predicted molar refractivity (Wildman–Crippen MR) is 50.4 cm³/mol. The van der Waals surface area contributed by atoms with Crippen LogP contribution in [0.4, 0.5) is 14.5 Å². The molecule has 1 nitrogen and oxygen atoms in total. The molecule has 1 unspecified atom stereocenters. The number of nitrogens with two attached hydrogens (primary N) is 1. The Morgan fingerprint density at radius 1 is 1.38 bits per heavy atom. The third-order valence-corrected chi connectivity index (χ3v) is 2.14. The van der Waals surface area contributed by atoms with Crippen LogP contribution in [-0.4, -0.2) is 5.92 Å². The Morgan fingerprint density at radius 3 is 2.46 bits per heavy atom. The van der Waals surface area contributed by atoms with Crippen LogP contribution < -0.4 is 5.73 Å². The minimum absolute atomic E-state index is 0. The van der Waals surface area contributed by atoms with E-state index in [0.29, 0.717) is 11.3 Å². The molecule has 0 radical (unpaired) electrons. The molecule has 1 atom stereocenters. The van der Waals surface area contributed by atoms with E-state index in [1.807, 2.05) is 0 Å². The molecule has 0 aromatic heterocycles. The Balaban J connectivity index is 0.000000845. The van der Waals surface area contributed by atoms with Crippen molar-refractivity contribution in [3.8, 4) is 0 Å². The highest BCUT2D eigenvalue weighted by molar-refractivity contribution is 5.85. The molecule has 1 aliphatic carbocycles. The van der Waals surface area contributed by atoms with Crippen molar-refractivity contribution in [2.75, 3.05) is 5.73 Å². The Kier molecular flexibility index (Phi) is 2.48. The van der Waals surface area contributed by atoms with Gasteiger partial charge in [-0.1, -0.05) is 12.1 Å². The van der Waals surface area contributed by atoms with Crippen LogP contribution in [-0.2, 0) is 0 Å². The molecule has 0 saturated heterocycles. The largest absolute Gasteiger partial charge is 0.399 e. The van der Waals surface area contributed by atoms with E-state index in [0.717, 1.165) is 0 Å². The van der Waals surface area contributed by atoms with E-state index in [1.54, 1.807) is 24.3 Å². The third kappa shape index (κ3) is 1.91. The monoisotopic (exact) mass is 205 g/mol. The van der Waals surface area contributed by atoms with E-state index in [9.17, 15) is 8.78 Å². The van der Waals surface area contributed by atoms with Crippen molar-refractivity contribution >= 4 is 18.1 Å². The van der Waals surface area contributed by atoms with Crippen molar-refractivity contribution in [3.63, 3.8) is 0 Å². The molecule has 0 bridgehead atoms. The van der Waals surface area contributed by atoms with Gasteiger partial charge in [0.25, 0.3) is 5.92 Å². The van der Waals surface area contributed by atoms with Crippen LogP contribution in [0.15, 0.2) is 24.3 Å². The predicted octanol–water partition coefficient (Wildman–Crippen LogP) is 2.81. The quantitative estimate of drug-likeness (QED) is 0.701. The zero-order chi connectivity index (χ0) is 8.77. The van der Waals surface area contributed by atoms with Crippen molar-refractivity contribution in [3.05, 3.63) is 29.8 Å². The number of halogens is 3. The lowest BCUT2D eigenvalue weighted by atomic mass is 10.1. The zero-order valence-corrected chi connectivity index (χ0v) is 7.65. The Bertz CT molecular complexity index is 314. The number of rotatable bonds is 1. The summed E-state index contributed by atoms with van der Waals surface area (Å²) in [6.07, 6.45) is -0.0313. The topological polar surface area (TPSA) is 26.0 Å². The minimum Gasteiger partial charge on any atom is -0.399 e. The molecule has 13 heavy (non-hydrogen) atoms.